The number of pyridine rings is 1. The molecule has 23 heavy (non-hydrogen) atoms. The van der Waals surface area contributed by atoms with Crippen molar-refractivity contribution in [3.8, 4) is 11.6 Å². The van der Waals surface area contributed by atoms with E-state index in [0.717, 1.165) is 0 Å². The quantitative estimate of drug-likeness (QED) is 0.722. The number of carbonyl (C=O) groups excluding carboxylic acids is 3. The summed E-state index contributed by atoms with van der Waals surface area (Å²) < 4.78 is 15.0. The molecule has 1 aromatic rings. The summed E-state index contributed by atoms with van der Waals surface area (Å²) in [6.07, 6.45) is 0.120. The second-order valence-corrected chi connectivity index (χ2v) is 4.87. The minimum absolute atomic E-state index is 0.0805. The number of carbonyl (C=O) groups is 3. The predicted molar refractivity (Wildman–Crippen MR) is 79.1 cm³/mol. The van der Waals surface area contributed by atoms with Crippen LogP contribution in [0.3, 0.4) is 0 Å². The molecule has 3 N–H and O–H groups in total. The van der Waals surface area contributed by atoms with Crippen LogP contribution in [0.15, 0.2) is 12.3 Å². The first kappa shape index (κ1) is 18.4. The number of methoxy groups -OCH3 is 1. The minimum Gasteiger partial charge on any atom is -0.488 e. The number of nitrogens with one attached hydrogen (secondary N) is 1. The first-order valence-electron chi connectivity index (χ1n) is 6.80. The standard InChI is InChI=1S/C14H19N3O6/c1-8(2)7-22-10-4-9(13(19)21-3)6-16-12(10)23-14(20)17-11(18)5-15/h4,6,8H,5,7,15H2,1-3H3,(H,17,18,20). The Morgan fingerprint density at radius 2 is 2.04 bits per heavy atom. The number of hydrogen-bond acceptors (Lipinski definition) is 8. The maximum Gasteiger partial charge on any atom is 0.420 e. The molecular weight excluding hydrogens is 306 g/mol. The fourth-order valence-corrected chi connectivity index (χ4v) is 1.38. The first-order valence-corrected chi connectivity index (χ1v) is 6.80. The van der Waals surface area contributed by atoms with Gasteiger partial charge < -0.3 is 19.9 Å². The van der Waals surface area contributed by atoms with Gasteiger partial charge in [-0.3, -0.25) is 10.1 Å². The van der Waals surface area contributed by atoms with Crippen LogP contribution < -0.4 is 20.5 Å². The summed E-state index contributed by atoms with van der Waals surface area (Å²) in [5.74, 6) is -1.22. The van der Waals surface area contributed by atoms with Crippen molar-refractivity contribution < 1.29 is 28.6 Å². The normalized spacial score (nSPS) is 10.1. The maximum absolute atomic E-state index is 11.6. The molecule has 0 aliphatic rings. The van der Waals surface area contributed by atoms with Gasteiger partial charge in [0.1, 0.15) is 0 Å². The summed E-state index contributed by atoms with van der Waals surface area (Å²) in [4.78, 5) is 38.0. The van der Waals surface area contributed by atoms with Gasteiger partial charge in [0.05, 0.1) is 25.8 Å². The minimum atomic E-state index is -1.05. The monoisotopic (exact) mass is 325 g/mol. The Balaban J connectivity index is 2.97. The van der Waals surface area contributed by atoms with E-state index < -0.39 is 18.0 Å². The Bertz CT molecular complexity index is 588. The number of nitrogens with two attached hydrogens (primary N) is 1. The van der Waals surface area contributed by atoms with Crippen molar-refractivity contribution in [3.63, 3.8) is 0 Å². The van der Waals surface area contributed by atoms with Gasteiger partial charge in [0.15, 0.2) is 5.75 Å². The Morgan fingerprint density at radius 1 is 1.35 bits per heavy atom. The van der Waals surface area contributed by atoms with Crippen molar-refractivity contribution in [1.82, 2.24) is 10.3 Å². The van der Waals surface area contributed by atoms with Crippen molar-refractivity contribution in [1.29, 1.82) is 0 Å². The lowest BCUT2D eigenvalue weighted by atomic mass is 10.2. The molecule has 126 valence electrons. The highest BCUT2D eigenvalue weighted by Crippen LogP contribution is 2.26. The van der Waals surface area contributed by atoms with E-state index in [4.69, 9.17) is 15.2 Å². The van der Waals surface area contributed by atoms with Gasteiger partial charge in [-0.15, -0.1) is 0 Å². The Kier molecular flexibility index (Phi) is 6.94. The van der Waals surface area contributed by atoms with Crippen molar-refractivity contribution >= 4 is 18.0 Å². The van der Waals surface area contributed by atoms with Crippen molar-refractivity contribution in [3.05, 3.63) is 17.8 Å². The second-order valence-electron chi connectivity index (χ2n) is 4.87. The first-order chi connectivity index (χ1) is 10.9. The number of imide groups is 1. The van der Waals surface area contributed by atoms with Gasteiger partial charge in [0.2, 0.25) is 5.91 Å². The van der Waals surface area contributed by atoms with Crippen LogP contribution in [0.5, 0.6) is 11.6 Å². The number of amides is 2. The van der Waals surface area contributed by atoms with Crippen LogP contribution in [-0.2, 0) is 9.53 Å². The zero-order chi connectivity index (χ0) is 17.4. The number of aromatic nitrogens is 1. The molecule has 9 nitrogen and oxygen atoms in total. The summed E-state index contributed by atoms with van der Waals surface area (Å²) in [7, 11) is 1.23. The number of hydrogen-bond donors (Lipinski definition) is 2. The molecule has 0 radical (unpaired) electrons. The molecule has 0 unspecified atom stereocenters. The highest BCUT2D eigenvalue weighted by Gasteiger charge is 2.17. The number of rotatable bonds is 6. The third kappa shape index (κ3) is 5.91. The Morgan fingerprint density at radius 3 is 2.61 bits per heavy atom. The predicted octanol–water partition coefficient (Wildman–Crippen LogP) is 0.477. The van der Waals surface area contributed by atoms with Crippen LogP contribution in [0.2, 0.25) is 0 Å². The van der Waals surface area contributed by atoms with E-state index in [1.165, 1.54) is 19.4 Å². The molecule has 0 aliphatic heterocycles. The number of ether oxygens (including phenoxy) is 3. The van der Waals surface area contributed by atoms with E-state index in [9.17, 15) is 14.4 Å². The Hall–Kier alpha value is -2.68. The maximum atomic E-state index is 11.6. The lowest BCUT2D eigenvalue weighted by Crippen LogP contribution is -2.37. The molecule has 0 aliphatic carbocycles. The van der Waals surface area contributed by atoms with Crippen LogP contribution in [0.25, 0.3) is 0 Å². The molecule has 0 saturated heterocycles. The van der Waals surface area contributed by atoms with Crippen LogP contribution in [0.4, 0.5) is 4.79 Å². The summed E-state index contributed by atoms with van der Waals surface area (Å²) in [6, 6.07) is 1.34. The van der Waals surface area contributed by atoms with Crippen LogP contribution in [0.1, 0.15) is 24.2 Å². The third-order valence-corrected chi connectivity index (χ3v) is 2.43. The van der Waals surface area contributed by atoms with Gasteiger partial charge in [0.25, 0.3) is 5.88 Å². The summed E-state index contributed by atoms with van der Waals surface area (Å²) in [5, 5.41) is 1.91. The zero-order valence-corrected chi connectivity index (χ0v) is 13.1. The van der Waals surface area contributed by atoms with Gasteiger partial charge in [-0.05, 0) is 5.92 Å². The van der Waals surface area contributed by atoms with E-state index in [2.05, 4.69) is 9.72 Å². The average Bonchev–Trinajstić information content (AvgIpc) is 2.52. The van der Waals surface area contributed by atoms with E-state index in [-0.39, 0.29) is 29.7 Å². The molecule has 9 heteroatoms. The fourth-order valence-electron chi connectivity index (χ4n) is 1.38. The molecule has 0 saturated carbocycles. The summed E-state index contributed by atoms with van der Waals surface area (Å²) >= 11 is 0. The molecule has 1 rings (SSSR count). The molecule has 0 atom stereocenters. The Labute approximate surface area is 133 Å². The lowest BCUT2D eigenvalue weighted by molar-refractivity contribution is -0.118. The van der Waals surface area contributed by atoms with Crippen molar-refractivity contribution in [2.24, 2.45) is 11.7 Å². The highest BCUT2D eigenvalue weighted by molar-refractivity contribution is 5.93. The topological polar surface area (TPSA) is 130 Å². The van der Waals surface area contributed by atoms with Crippen LogP contribution in [-0.4, -0.2) is 43.2 Å². The summed E-state index contributed by atoms with van der Waals surface area (Å²) in [5.41, 5.74) is 5.22. The van der Waals surface area contributed by atoms with Gasteiger partial charge in [0, 0.05) is 12.3 Å². The van der Waals surface area contributed by atoms with E-state index in [1.807, 2.05) is 19.2 Å². The SMILES string of the molecule is COC(=O)c1cnc(OC(=O)NC(=O)CN)c(OCC(C)C)c1. The second kappa shape index (κ2) is 8.69. The smallest absolute Gasteiger partial charge is 0.420 e. The van der Waals surface area contributed by atoms with Gasteiger partial charge in [-0.25, -0.2) is 14.6 Å². The molecule has 2 amide bonds. The highest BCUT2D eigenvalue weighted by atomic mass is 16.6. The van der Waals surface area contributed by atoms with Gasteiger partial charge in [-0.2, -0.15) is 0 Å². The van der Waals surface area contributed by atoms with E-state index in [0.29, 0.717) is 6.61 Å². The van der Waals surface area contributed by atoms with Crippen molar-refractivity contribution in [2.75, 3.05) is 20.3 Å². The van der Waals surface area contributed by atoms with E-state index >= 15 is 0 Å². The zero-order valence-electron chi connectivity index (χ0n) is 13.1. The fraction of sp³-hybridized carbons (Fsp3) is 0.429. The largest absolute Gasteiger partial charge is 0.488 e. The average molecular weight is 325 g/mol. The lowest BCUT2D eigenvalue weighted by Gasteiger charge is -2.13. The van der Waals surface area contributed by atoms with Crippen LogP contribution >= 0.6 is 0 Å². The third-order valence-electron chi connectivity index (χ3n) is 2.43. The molecule has 0 fully saturated rings. The van der Waals surface area contributed by atoms with Gasteiger partial charge >= 0.3 is 12.1 Å². The molecular formula is C14H19N3O6. The van der Waals surface area contributed by atoms with Gasteiger partial charge in [-0.1, -0.05) is 13.8 Å². The number of esters is 1. The van der Waals surface area contributed by atoms with Crippen molar-refractivity contribution in [2.45, 2.75) is 13.8 Å². The molecule has 1 heterocycles. The van der Waals surface area contributed by atoms with E-state index in [1.54, 1.807) is 0 Å². The molecule has 0 aromatic carbocycles. The van der Waals surface area contributed by atoms with Crippen LogP contribution in [0, 0.1) is 5.92 Å². The molecule has 1 aromatic heterocycles. The number of nitrogens with zero attached hydrogens (tertiary/aromatic N) is 1. The molecule has 0 bridgehead atoms. The summed E-state index contributed by atoms with van der Waals surface area (Å²) in [6.45, 7) is 3.79. The molecule has 0 spiro atoms.